The highest BCUT2D eigenvalue weighted by molar-refractivity contribution is 5.11. The molecule has 0 heterocycles. The van der Waals surface area contributed by atoms with Crippen molar-refractivity contribution < 1.29 is 20.4 Å². The van der Waals surface area contributed by atoms with E-state index in [1.807, 2.05) is 6.92 Å². The molecule has 2 rings (SSSR count). The summed E-state index contributed by atoms with van der Waals surface area (Å²) in [6, 6.07) is 0. The minimum Gasteiger partial charge on any atom is -0.393 e. The van der Waals surface area contributed by atoms with Crippen LogP contribution < -0.4 is 0 Å². The Morgan fingerprint density at radius 3 is 2.16 bits per heavy atom. The quantitative estimate of drug-likeness (QED) is 0.578. The van der Waals surface area contributed by atoms with E-state index in [0.717, 1.165) is 0 Å². The van der Waals surface area contributed by atoms with E-state index in [9.17, 15) is 20.4 Å². The van der Waals surface area contributed by atoms with Crippen LogP contribution in [0.1, 0.15) is 59.8 Å². The number of aliphatic hydroxyl groups excluding tert-OH is 1. The second kappa shape index (κ2) is 4.17. The van der Waals surface area contributed by atoms with Gasteiger partial charge >= 0.3 is 0 Å². The lowest BCUT2D eigenvalue weighted by molar-refractivity contribution is -0.235. The van der Waals surface area contributed by atoms with Crippen molar-refractivity contribution >= 4 is 0 Å². The third-order valence-electron chi connectivity index (χ3n) is 5.99. The van der Waals surface area contributed by atoms with Crippen LogP contribution in [0.4, 0.5) is 0 Å². The zero-order valence-corrected chi connectivity index (χ0v) is 12.5. The molecule has 0 aliphatic heterocycles. The van der Waals surface area contributed by atoms with Crippen LogP contribution in [0.2, 0.25) is 0 Å². The van der Waals surface area contributed by atoms with Crippen LogP contribution in [0.3, 0.4) is 0 Å². The third-order valence-corrected chi connectivity index (χ3v) is 5.99. The van der Waals surface area contributed by atoms with E-state index in [1.165, 1.54) is 0 Å². The lowest BCUT2D eigenvalue weighted by Gasteiger charge is -2.59. The summed E-state index contributed by atoms with van der Waals surface area (Å²) in [7, 11) is 0. The van der Waals surface area contributed by atoms with E-state index in [4.69, 9.17) is 0 Å². The van der Waals surface area contributed by atoms with Crippen LogP contribution in [-0.4, -0.2) is 43.3 Å². The smallest absolute Gasteiger partial charge is 0.0932 e. The third kappa shape index (κ3) is 2.23. The summed E-state index contributed by atoms with van der Waals surface area (Å²) in [6.07, 6.45) is 2.10. The molecular weight excluding hydrogens is 244 g/mol. The fraction of sp³-hybridized carbons (Fsp3) is 1.00. The SMILES string of the molecule is CC1(O)CCC(O)C2(C)CCC(O)(C(C)(C)O)CC12. The van der Waals surface area contributed by atoms with Gasteiger partial charge in [0.05, 0.1) is 22.9 Å². The van der Waals surface area contributed by atoms with Gasteiger partial charge in [0, 0.05) is 0 Å². The van der Waals surface area contributed by atoms with Crippen LogP contribution >= 0.6 is 0 Å². The maximum atomic E-state index is 10.7. The van der Waals surface area contributed by atoms with Crippen LogP contribution in [0.15, 0.2) is 0 Å². The summed E-state index contributed by atoms with van der Waals surface area (Å²) < 4.78 is 0. The molecule has 0 bridgehead atoms. The van der Waals surface area contributed by atoms with Gasteiger partial charge in [-0.05, 0) is 64.2 Å². The average molecular weight is 272 g/mol. The minimum absolute atomic E-state index is 0.200. The maximum Gasteiger partial charge on any atom is 0.0932 e. The maximum absolute atomic E-state index is 10.7. The monoisotopic (exact) mass is 272 g/mol. The lowest BCUT2D eigenvalue weighted by Crippen LogP contribution is -2.64. The van der Waals surface area contributed by atoms with E-state index in [1.54, 1.807) is 20.8 Å². The second-order valence-corrected chi connectivity index (χ2v) is 7.76. The Bertz CT molecular complexity index is 360. The van der Waals surface area contributed by atoms with Crippen molar-refractivity contribution in [2.45, 2.75) is 82.7 Å². The molecule has 0 spiro atoms. The zero-order valence-electron chi connectivity index (χ0n) is 12.5. The fourth-order valence-electron chi connectivity index (χ4n) is 4.14. The zero-order chi connectivity index (χ0) is 14.7. The Hall–Kier alpha value is -0.160. The van der Waals surface area contributed by atoms with E-state index in [0.29, 0.717) is 32.1 Å². The molecule has 0 aromatic carbocycles. The van der Waals surface area contributed by atoms with Gasteiger partial charge in [-0.25, -0.2) is 0 Å². The molecule has 2 saturated carbocycles. The van der Waals surface area contributed by atoms with Crippen molar-refractivity contribution in [3.8, 4) is 0 Å². The molecule has 4 heteroatoms. The second-order valence-electron chi connectivity index (χ2n) is 7.76. The topological polar surface area (TPSA) is 80.9 Å². The Morgan fingerprint density at radius 2 is 1.63 bits per heavy atom. The van der Waals surface area contributed by atoms with Crippen LogP contribution in [-0.2, 0) is 0 Å². The first-order valence-corrected chi connectivity index (χ1v) is 7.28. The van der Waals surface area contributed by atoms with E-state index in [2.05, 4.69) is 0 Å². The van der Waals surface area contributed by atoms with Gasteiger partial charge in [0.2, 0.25) is 0 Å². The molecule has 5 unspecified atom stereocenters. The average Bonchev–Trinajstić information content (AvgIpc) is 2.26. The van der Waals surface area contributed by atoms with Crippen LogP contribution in [0.5, 0.6) is 0 Å². The Labute approximate surface area is 115 Å². The highest BCUT2D eigenvalue weighted by atomic mass is 16.4. The van der Waals surface area contributed by atoms with Crippen LogP contribution in [0, 0.1) is 11.3 Å². The van der Waals surface area contributed by atoms with Crippen LogP contribution in [0.25, 0.3) is 0 Å². The Morgan fingerprint density at radius 1 is 1.05 bits per heavy atom. The molecule has 19 heavy (non-hydrogen) atoms. The summed E-state index contributed by atoms with van der Waals surface area (Å²) in [6.45, 7) is 7.02. The molecular formula is C15H28O4. The predicted molar refractivity (Wildman–Crippen MR) is 72.6 cm³/mol. The number of rotatable bonds is 1. The Balaban J connectivity index is 2.35. The summed E-state index contributed by atoms with van der Waals surface area (Å²) in [5.74, 6) is -0.200. The molecule has 2 aliphatic carbocycles. The van der Waals surface area contributed by atoms with E-state index < -0.39 is 22.9 Å². The van der Waals surface area contributed by atoms with Gasteiger partial charge in [0.15, 0.2) is 0 Å². The molecule has 2 aliphatic rings. The molecule has 0 aromatic heterocycles. The number of hydrogen-bond acceptors (Lipinski definition) is 4. The molecule has 112 valence electrons. The summed E-state index contributed by atoms with van der Waals surface area (Å²) >= 11 is 0. The molecule has 0 radical (unpaired) electrons. The van der Waals surface area contributed by atoms with Gasteiger partial charge in [0.25, 0.3) is 0 Å². The summed E-state index contributed by atoms with van der Waals surface area (Å²) in [4.78, 5) is 0. The van der Waals surface area contributed by atoms with Gasteiger partial charge in [-0.15, -0.1) is 0 Å². The molecule has 5 atom stereocenters. The van der Waals surface area contributed by atoms with Gasteiger partial charge in [0.1, 0.15) is 0 Å². The van der Waals surface area contributed by atoms with Crippen molar-refractivity contribution in [3.63, 3.8) is 0 Å². The lowest BCUT2D eigenvalue weighted by atomic mass is 9.50. The van der Waals surface area contributed by atoms with Crippen molar-refractivity contribution in [1.82, 2.24) is 0 Å². The first-order chi connectivity index (χ1) is 8.42. The minimum atomic E-state index is -1.20. The van der Waals surface area contributed by atoms with Crippen molar-refractivity contribution in [2.75, 3.05) is 0 Å². The van der Waals surface area contributed by atoms with E-state index in [-0.39, 0.29) is 11.3 Å². The predicted octanol–water partition coefficient (Wildman–Crippen LogP) is 1.20. The van der Waals surface area contributed by atoms with Crippen molar-refractivity contribution in [2.24, 2.45) is 11.3 Å². The standard InChI is InChI=1S/C15H28O4/c1-12(2,17)15(19)8-7-13(3)10(9-15)14(4,18)6-5-11(13)16/h10-11,16-19H,5-9H2,1-4H3. The van der Waals surface area contributed by atoms with Crippen molar-refractivity contribution in [3.05, 3.63) is 0 Å². The Kier molecular flexibility index (Phi) is 3.34. The molecule has 0 amide bonds. The number of fused-ring (bicyclic) bond motifs is 1. The van der Waals surface area contributed by atoms with Crippen molar-refractivity contribution in [1.29, 1.82) is 0 Å². The van der Waals surface area contributed by atoms with E-state index >= 15 is 0 Å². The highest BCUT2D eigenvalue weighted by Gasteiger charge is 2.60. The summed E-state index contributed by atoms with van der Waals surface area (Å²) in [5.41, 5.74) is -3.67. The first-order valence-electron chi connectivity index (χ1n) is 7.28. The molecule has 4 nitrogen and oxygen atoms in total. The molecule has 0 aromatic rings. The number of aliphatic hydroxyl groups is 4. The normalized spacial score (nSPS) is 51.8. The summed E-state index contributed by atoms with van der Waals surface area (Å²) in [5, 5.41) is 41.9. The first kappa shape index (κ1) is 15.2. The van der Waals surface area contributed by atoms with Gasteiger partial charge in [-0.1, -0.05) is 6.92 Å². The molecule has 0 saturated heterocycles. The largest absolute Gasteiger partial charge is 0.393 e. The molecule has 4 N–H and O–H groups in total. The number of hydrogen-bond donors (Lipinski definition) is 4. The van der Waals surface area contributed by atoms with Gasteiger partial charge in [-0.3, -0.25) is 0 Å². The van der Waals surface area contributed by atoms with Gasteiger partial charge in [-0.2, -0.15) is 0 Å². The fourth-order valence-corrected chi connectivity index (χ4v) is 4.14. The highest BCUT2D eigenvalue weighted by Crippen LogP contribution is 2.57. The molecule has 2 fully saturated rings. The van der Waals surface area contributed by atoms with Gasteiger partial charge < -0.3 is 20.4 Å².